The first-order valence-electron chi connectivity index (χ1n) is 11.2. The monoisotopic (exact) mass is 487 g/mol. The van der Waals surface area contributed by atoms with E-state index in [1.54, 1.807) is 17.0 Å². The van der Waals surface area contributed by atoms with Crippen molar-refractivity contribution in [3.05, 3.63) is 71.8 Å². The van der Waals surface area contributed by atoms with Crippen molar-refractivity contribution in [2.24, 2.45) is 5.92 Å². The third-order valence-corrected chi connectivity index (χ3v) is 6.46. The van der Waals surface area contributed by atoms with Crippen molar-refractivity contribution in [1.82, 2.24) is 24.8 Å². The van der Waals surface area contributed by atoms with Gasteiger partial charge in [0.15, 0.2) is 11.5 Å². The molecule has 2 bridgehead atoms. The van der Waals surface area contributed by atoms with E-state index in [1.807, 2.05) is 0 Å². The van der Waals surface area contributed by atoms with Crippen LogP contribution in [0.15, 0.2) is 49.1 Å². The van der Waals surface area contributed by atoms with E-state index >= 15 is 0 Å². The lowest BCUT2D eigenvalue weighted by molar-refractivity contribution is -0.141. The fourth-order valence-electron chi connectivity index (χ4n) is 4.83. The van der Waals surface area contributed by atoms with E-state index in [0.29, 0.717) is 19.2 Å². The Balaban J connectivity index is 1.34. The van der Waals surface area contributed by atoms with Gasteiger partial charge in [0, 0.05) is 18.9 Å². The summed E-state index contributed by atoms with van der Waals surface area (Å²) >= 11 is 0. The van der Waals surface area contributed by atoms with Crippen molar-refractivity contribution < 1.29 is 27.1 Å². The third-order valence-electron chi connectivity index (χ3n) is 6.46. The lowest BCUT2D eigenvalue weighted by atomic mass is 9.77. The van der Waals surface area contributed by atoms with Gasteiger partial charge in [-0.15, -0.1) is 0 Å². The van der Waals surface area contributed by atoms with Gasteiger partial charge in [-0.1, -0.05) is 6.07 Å². The predicted octanol–water partition coefficient (Wildman–Crippen LogP) is 4.30. The van der Waals surface area contributed by atoms with Crippen LogP contribution < -0.4 is 0 Å². The summed E-state index contributed by atoms with van der Waals surface area (Å²) in [6.45, 7) is 0.499. The van der Waals surface area contributed by atoms with E-state index in [2.05, 4.69) is 19.9 Å². The maximum atomic E-state index is 14.8. The van der Waals surface area contributed by atoms with Gasteiger partial charge in [0.1, 0.15) is 5.82 Å². The number of carbonyl (C=O) groups excluding carboxylic acids is 1. The molecule has 3 aromatic rings. The molecule has 0 N–H and O–H groups in total. The Labute approximate surface area is 198 Å². The Morgan fingerprint density at radius 3 is 2.54 bits per heavy atom. The largest absolute Gasteiger partial charge is 0.434 e. The van der Waals surface area contributed by atoms with Gasteiger partial charge < -0.3 is 9.64 Å². The number of nitrogens with zero attached hydrogens (tertiary/aromatic N) is 5. The summed E-state index contributed by atoms with van der Waals surface area (Å²) in [5, 5.41) is 0. The number of carbonyl (C=O) groups is 1. The summed E-state index contributed by atoms with van der Waals surface area (Å²) in [6, 6.07) is 5.67. The maximum Gasteiger partial charge on any atom is 0.434 e. The molecule has 3 aliphatic rings. The summed E-state index contributed by atoms with van der Waals surface area (Å²) < 4.78 is 58.9. The number of fused-ring (bicyclic) bond motifs is 3. The smallest absolute Gasteiger partial charge is 0.370 e. The molecule has 11 heteroatoms. The van der Waals surface area contributed by atoms with Gasteiger partial charge in [-0.2, -0.15) is 13.2 Å². The molecular formula is C24H21F4N5O2. The van der Waals surface area contributed by atoms with E-state index in [9.17, 15) is 22.4 Å². The van der Waals surface area contributed by atoms with Crippen molar-refractivity contribution in [3.8, 4) is 11.4 Å². The van der Waals surface area contributed by atoms with E-state index in [1.165, 1.54) is 24.5 Å². The maximum absolute atomic E-state index is 14.8. The zero-order chi connectivity index (χ0) is 24.6. The quantitative estimate of drug-likeness (QED) is 0.500. The van der Waals surface area contributed by atoms with Gasteiger partial charge >= 0.3 is 6.18 Å². The highest BCUT2D eigenvalue weighted by molar-refractivity contribution is 6.00. The average molecular weight is 487 g/mol. The van der Waals surface area contributed by atoms with Gasteiger partial charge in [-0.25, -0.2) is 19.3 Å². The Bertz CT molecular complexity index is 1210. The van der Waals surface area contributed by atoms with Crippen LogP contribution in [0.1, 0.15) is 41.0 Å². The number of rotatable bonds is 5. The molecule has 3 unspecified atom stereocenters. The predicted molar refractivity (Wildman–Crippen MR) is 115 cm³/mol. The van der Waals surface area contributed by atoms with Crippen LogP contribution in [0, 0.1) is 11.7 Å². The first-order chi connectivity index (χ1) is 16.8. The van der Waals surface area contributed by atoms with Gasteiger partial charge in [0.25, 0.3) is 5.91 Å². The first kappa shape index (κ1) is 23.3. The second-order valence-corrected chi connectivity index (χ2v) is 8.68. The van der Waals surface area contributed by atoms with Crippen molar-refractivity contribution >= 4 is 5.91 Å². The van der Waals surface area contributed by atoms with Crippen LogP contribution in [0.3, 0.4) is 0 Å². The number of alkyl halides is 3. The molecule has 0 spiro atoms. The summed E-state index contributed by atoms with van der Waals surface area (Å²) in [6.07, 6.45) is 2.19. The van der Waals surface area contributed by atoms with Crippen LogP contribution in [-0.4, -0.2) is 49.4 Å². The molecule has 3 atom stereocenters. The number of hydrogen-bond acceptors (Lipinski definition) is 6. The lowest BCUT2D eigenvalue weighted by Gasteiger charge is -2.49. The second kappa shape index (κ2) is 9.29. The Hall–Kier alpha value is -3.47. The highest BCUT2D eigenvalue weighted by Gasteiger charge is 2.44. The van der Waals surface area contributed by atoms with Crippen molar-refractivity contribution in [3.63, 3.8) is 0 Å². The number of amides is 1. The molecule has 1 amide bonds. The number of hydrogen-bond donors (Lipinski definition) is 0. The molecule has 4 heterocycles. The fraction of sp³-hybridized carbons (Fsp3) is 0.375. The topological polar surface area (TPSA) is 81.1 Å². The van der Waals surface area contributed by atoms with Crippen LogP contribution in [0.25, 0.3) is 11.4 Å². The average Bonchev–Trinajstić information content (AvgIpc) is 2.87. The van der Waals surface area contributed by atoms with Crippen molar-refractivity contribution in [2.45, 2.75) is 44.2 Å². The number of piperidine rings is 2. The van der Waals surface area contributed by atoms with Crippen LogP contribution in [0.2, 0.25) is 0 Å². The number of aromatic nitrogens is 4. The Morgan fingerprint density at radius 1 is 1.06 bits per heavy atom. The number of benzene rings is 1. The summed E-state index contributed by atoms with van der Waals surface area (Å²) in [5.41, 5.74) is -0.567. The molecule has 7 nitrogen and oxygen atoms in total. The molecule has 2 saturated heterocycles. The van der Waals surface area contributed by atoms with Crippen molar-refractivity contribution in [1.29, 1.82) is 0 Å². The lowest BCUT2D eigenvalue weighted by Crippen LogP contribution is -2.58. The molecule has 35 heavy (non-hydrogen) atoms. The highest BCUT2D eigenvalue weighted by atomic mass is 19.4. The second-order valence-electron chi connectivity index (χ2n) is 8.68. The first-order valence-corrected chi connectivity index (χ1v) is 11.2. The minimum atomic E-state index is -4.56. The minimum absolute atomic E-state index is 0.0237. The van der Waals surface area contributed by atoms with Crippen LogP contribution in [-0.2, 0) is 17.5 Å². The van der Waals surface area contributed by atoms with E-state index in [0.717, 1.165) is 19.0 Å². The van der Waals surface area contributed by atoms with Crippen LogP contribution in [0.4, 0.5) is 17.6 Å². The molecule has 6 rings (SSSR count). The number of ether oxygens (including phenoxy) is 1. The van der Waals surface area contributed by atoms with Crippen molar-refractivity contribution in [2.75, 3.05) is 6.54 Å². The standard InChI is InChI=1S/C24H21F4N5O2/c25-17-4-1-3-16(21(17)22-29-7-2-8-30-22)23(34)33-12-14-5-6-18(33)19(9-14)35-13-15-10-32-20(11-31-15)24(26,27)28/h1-4,7-8,10-11,14,18-19H,5-6,9,12-13H2. The molecule has 2 aromatic heterocycles. The van der Waals surface area contributed by atoms with Crippen LogP contribution >= 0.6 is 0 Å². The Kier molecular flexibility index (Phi) is 6.18. The molecule has 3 fully saturated rings. The van der Waals surface area contributed by atoms with Crippen LogP contribution in [0.5, 0.6) is 0 Å². The summed E-state index contributed by atoms with van der Waals surface area (Å²) in [4.78, 5) is 30.8. The normalized spacial score (nSPS) is 21.8. The molecule has 0 radical (unpaired) electrons. The summed E-state index contributed by atoms with van der Waals surface area (Å²) in [7, 11) is 0. The van der Waals surface area contributed by atoms with Gasteiger partial charge in [0.05, 0.1) is 48.0 Å². The van der Waals surface area contributed by atoms with E-state index in [-0.39, 0.29) is 53.2 Å². The SMILES string of the molecule is O=C(c1cccc(F)c1-c1ncccn1)N1CC2CCC1C(OCc1cnc(C(F)(F)F)cn1)C2. The highest BCUT2D eigenvalue weighted by Crippen LogP contribution is 2.39. The van der Waals surface area contributed by atoms with Gasteiger partial charge in [-0.05, 0) is 43.4 Å². The zero-order valence-electron chi connectivity index (χ0n) is 18.5. The summed E-state index contributed by atoms with van der Waals surface area (Å²) in [5.74, 6) is -0.579. The molecule has 182 valence electrons. The molecular weight excluding hydrogens is 466 g/mol. The fourth-order valence-corrected chi connectivity index (χ4v) is 4.83. The molecule has 2 aliphatic heterocycles. The zero-order valence-corrected chi connectivity index (χ0v) is 18.5. The molecule has 1 aromatic carbocycles. The van der Waals surface area contributed by atoms with Gasteiger partial charge in [0.2, 0.25) is 0 Å². The van der Waals surface area contributed by atoms with E-state index in [4.69, 9.17) is 4.74 Å². The number of halogens is 4. The van der Waals surface area contributed by atoms with Gasteiger partial charge in [-0.3, -0.25) is 9.78 Å². The Morgan fingerprint density at radius 2 is 1.86 bits per heavy atom. The van der Waals surface area contributed by atoms with E-state index < -0.39 is 17.7 Å². The minimum Gasteiger partial charge on any atom is -0.370 e. The molecule has 1 aliphatic carbocycles. The third kappa shape index (κ3) is 4.72. The molecule has 1 saturated carbocycles.